The first-order chi connectivity index (χ1) is 11.0. The first-order valence-corrected chi connectivity index (χ1v) is 7.22. The van der Waals surface area contributed by atoms with Crippen LogP contribution in [0.1, 0.15) is 29.9 Å². The predicted octanol–water partition coefficient (Wildman–Crippen LogP) is 2.77. The molecule has 0 saturated carbocycles. The second kappa shape index (κ2) is 6.91. The standard InChI is InChI=1S/C15H18N4O4/c1-4-18-10(3)12(9-16-18)15(20)17-13-7-6-11(23-5-2)8-14(13)19(21)22/h6-9H,4-5H2,1-3H3,(H,17,20). The number of aromatic nitrogens is 2. The van der Waals surface area contributed by atoms with Crippen LogP contribution >= 0.6 is 0 Å². The van der Waals surface area contributed by atoms with Crippen LogP contribution in [0.3, 0.4) is 0 Å². The molecule has 0 spiro atoms. The maximum Gasteiger partial charge on any atom is 0.296 e. The third kappa shape index (κ3) is 3.47. The first kappa shape index (κ1) is 16.5. The second-order valence-electron chi connectivity index (χ2n) is 4.78. The molecular formula is C15H18N4O4. The van der Waals surface area contributed by atoms with Crippen molar-refractivity contribution in [2.24, 2.45) is 0 Å². The highest BCUT2D eigenvalue weighted by Gasteiger charge is 2.20. The third-order valence-electron chi connectivity index (χ3n) is 3.37. The fourth-order valence-corrected chi connectivity index (χ4v) is 2.20. The minimum atomic E-state index is -0.555. The van der Waals surface area contributed by atoms with Gasteiger partial charge in [0.15, 0.2) is 0 Å². The van der Waals surface area contributed by atoms with Gasteiger partial charge in [0, 0.05) is 12.2 Å². The minimum absolute atomic E-state index is 0.118. The van der Waals surface area contributed by atoms with Crippen LogP contribution in [0.5, 0.6) is 5.75 Å². The summed E-state index contributed by atoms with van der Waals surface area (Å²) >= 11 is 0. The van der Waals surface area contributed by atoms with Gasteiger partial charge < -0.3 is 10.1 Å². The molecule has 0 aliphatic heterocycles. The Morgan fingerprint density at radius 3 is 2.74 bits per heavy atom. The topological polar surface area (TPSA) is 99.3 Å². The molecule has 0 saturated heterocycles. The van der Waals surface area contributed by atoms with Gasteiger partial charge in [0.2, 0.25) is 0 Å². The van der Waals surface area contributed by atoms with Crippen LogP contribution in [0.2, 0.25) is 0 Å². The number of anilines is 1. The molecule has 1 aromatic carbocycles. The smallest absolute Gasteiger partial charge is 0.296 e. The third-order valence-corrected chi connectivity index (χ3v) is 3.37. The summed E-state index contributed by atoms with van der Waals surface area (Å²) in [4.78, 5) is 23.0. The van der Waals surface area contributed by atoms with Gasteiger partial charge in [0.1, 0.15) is 11.4 Å². The van der Waals surface area contributed by atoms with Crippen LogP contribution in [-0.2, 0) is 6.54 Å². The number of nitrogens with one attached hydrogen (secondary N) is 1. The first-order valence-electron chi connectivity index (χ1n) is 7.22. The van der Waals surface area contributed by atoms with Crippen LogP contribution in [0, 0.1) is 17.0 Å². The number of nitro benzene ring substituents is 1. The molecule has 1 heterocycles. The van der Waals surface area contributed by atoms with E-state index >= 15 is 0 Å². The van der Waals surface area contributed by atoms with E-state index in [4.69, 9.17) is 4.74 Å². The van der Waals surface area contributed by atoms with Crippen LogP contribution in [0.15, 0.2) is 24.4 Å². The number of nitrogens with zero attached hydrogens (tertiary/aromatic N) is 3. The van der Waals surface area contributed by atoms with Crippen molar-refractivity contribution in [3.05, 3.63) is 45.8 Å². The largest absolute Gasteiger partial charge is 0.494 e. The molecule has 8 heteroatoms. The van der Waals surface area contributed by atoms with E-state index in [2.05, 4.69) is 10.4 Å². The van der Waals surface area contributed by atoms with Gasteiger partial charge in [-0.15, -0.1) is 0 Å². The molecule has 1 N–H and O–H groups in total. The van der Waals surface area contributed by atoms with Crippen molar-refractivity contribution in [1.82, 2.24) is 9.78 Å². The highest BCUT2D eigenvalue weighted by Crippen LogP contribution is 2.29. The van der Waals surface area contributed by atoms with Crippen LogP contribution in [0.4, 0.5) is 11.4 Å². The Hall–Kier alpha value is -2.90. The van der Waals surface area contributed by atoms with E-state index in [0.717, 1.165) is 0 Å². The van der Waals surface area contributed by atoms with Crippen molar-refractivity contribution in [2.75, 3.05) is 11.9 Å². The van der Waals surface area contributed by atoms with Gasteiger partial charge in [0.05, 0.1) is 29.4 Å². The molecule has 8 nitrogen and oxygen atoms in total. The van der Waals surface area contributed by atoms with E-state index < -0.39 is 10.8 Å². The van der Waals surface area contributed by atoms with Crippen LogP contribution in [0.25, 0.3) is 0 Å². The summed E-state index contributed by atoms with van der Waals surface area (Å²) in [5, 5.41) is 17.9. The van der Waals surface area contributed by atoms with E-state index in [0.29, 0.717) is 30.2 Å². The number of nitro groups is 1. The molecule has 0 atom stereocenters. The SMILES string of the molecule is CCOc1ccc(NC(=O)c2cnn(CC)c2C)c([N+](=O)[O-])c1. The lowest BCUT2D eigenvalue weighted by Gasteiger charge is -2.08. The Labute approximate surface area is 133 Å². The molecule has 0 unspecified atom stereocenters. The normalized spacial score (nSPS) is 10.4. The summed E-state index contributed by atoms with van der Waals surface area (Å²) in [6.07, 6.45) is 1.45. The molecule has 2 aromatic rings. The predicted molar refractivity (Wildman–Crippen MR) is 84.9 cm³/mol. The minimum Gasteiger partial charge on any atom is -0.494 e. The van der Waals surface area contributed by atoms with Gasteiger partial charge in [-0.05, 0) is 32.9 Å². The Balaban J connectivity index is 2.29. The molecule has 2 rings (SSSR count). The highest BCUT2D eigenvalue weighted by molar-refractivity contribution is 6.06. The van der Waals surface area contributed by atoms with E-state index in [-0.39, 0.29) is 11.4 Å². The molecule has 0 aliphatic carbocycles. The summed E-state index contributed by atoms with van der Waals surface area (Å²) in [7, 11) is 0. The average Bonchev–Trinajstić information content (AvgIpc) is 2.89. The summed E-state index contributed by atoms with van der Waals surface area (Å²) in [6, 6.07) is 4.33. The van der Waals surface area contributed by atoms with Crippen molar-refractivity contribution in [1.29, 1.82) is 0 Å². The summed E-state index contributed by atoms with van der Waals surface area (Å²) in [6.45, 7) is 6.52. The van der Waals surface area contributed by atoms with Crippen LogP contribution < -0.4 is 10.1 Å². The maximum absolute atomic E-state index is 12.3. The summed E-state index contributed by atoms with van der Waals surface area (Å²) in [5.41, 5.74) is 0.991. The molecular weight excluding hydrogens is 300 g/mol. The number of hydrogen-bond donors (Lipinski definition) is 1. The number of carbonyl (C=O) groups is 1. The lowest BCUT2D eigenvalue weighted by atomic mass is 10.2. The number of ether oxygens (including phenoxy) is 1. The number of amides is 1. The summed E-state index contributed by atoms with van der Waals surface area (Å²) in [5.74, 6) is -0.0540. The lowest BCUT2D eigenvalue weighted by Crippen LogP contribution is -2.14. The van der Waals surface area contributed by atoms with Gasteiger partial charge in [0.25, 0.3) is 11.6 Å². The lowest BCUT2D eigenvalue weighted by molar-refractivity contribution is -0.384. The molecule has 1 aromatic heterocycles. The zero-order valence-corrected chi connectivity index (χ0v) is 13.2. The van der Waals surface area contributed by atoms with Crippen LogP contribution in [-0.4, -0.2) is 27.2 Å². The van der Waals surface area contributed by atoms with E-state index in [1.807, 2.05) is 6.92 Å². The second-order valence-corrected chi connectivity index (χ2v) is 4.78. The molecule has 23 heavy (non-hydrogen) atoms. The van der Waals surface area contributed by atoms with E-state index in [9.17, 15) is 14.9 Å². The fraction of sp³-hybridized carbons (Fsp3) is 0.333. The molecule has 0 aliphatic rings. The Kier molecular flexibility index (Phi) is 4.95. The number of aryl methyl sites for hydroxylation is 1. The van der Waals surface area contributed by atoms with E-state index in [1.54, 1.807) is 24.6 Å². The van der Waals surface area contributed by atoms with Crippen molar-refractivity contribution in [3.8, 4) is 5.75 Å². The number of carbonyl (C=O) groups excluding carboxylic acids is 1. The van der Waals surface area contributed by atoms with Crippen molar-refractivity contribution in [3.63, 3.8) is 0 Å². The summed E-state index contributed by atoms with van der Waals surface area (Å²) < 4.78 is 6.93. The monoisotopic (exact) mass is 318 g/mol. The zero-order valence-electron chi connectivity index (χ0n) is 13.2. The number of hydrogen-bond acceptors (Lipinski definition) is 5. The molecule has 0 radical (unpaired) electrons. The van der Waals surface area contributed by atoms with Gasteiger partial charge in [-0.25, -0.2) is 0 Å². The average molecular weight is 318 g/mol. The molecule has 0 bridgehead atoms. The number of rotatable bonds is 6. The van der Waals surface area contributed by atoms with Gasteiger partial charge in [-0.2, -0.15) is 5.10 Å². The highest BCUT2D eigenvalue weighted by atomic mass is 16.6. The van der Waals surface area contributed by atoms with Crippen molar-refractivity contribution < 1.29 is 14.5 Å². The Morgan fingerprint density at radius 2 is 2.17 bits per heavy atom. The van der Waals surface area contributed by atoms with Gasteiger partial charge in [-0.1, -0.05) is 0 Å². The quantitative estimate of drug-likeness (QED) is 0.652. The van der Waals surface area contributed by atoms with Gasteiger partial charge in [-0.3, -0.25) is 19.6 Å². The van der Waals surface area contributed by atoms with Crippen molar-refractivity contribution >= 4 is 17.3 Å². The molecule has 0 fully saturated rings. The number of benzene rings is 1. The van der Waals surface area contributed by atoms with E-state index in [1.165, 1.54) is 18.3 Å². The maximum atomic E-state index is 12.3. The zero-order chi connectivity index (χ0) is 17.0. The van der Waals surface area contributed by atoms with Gasteiger partial charge >= 0.3 is 0 Å². The Bertz CT molecular complexity index is 739. The fourth-order valence-electron chi connectivity index (χ4n) is 2.20. The Morgan fingerprint density at radius 1 is 1.43 bits per heavy atom. The molecule has 1 amide bonds. The van der Waals surface area contributed by atoms with Crippen molar-refractivity contribution in [2.45, 2.75) is 27.3 Å². The molecule has 122 valence electrons.